The summed E-state index contributed by atoms with van der Waals surface area (Å²) >= 11 is 2.97. The van der Waals surface area contributed by atoms with E-state index in [9.17, 15) is 14.0 Å². The number of carbonyl (C=O) groups is 2. The first-order valence-corrected chi connectivity index (χ1v) is 14.0. The molecule has 0 aliphatic rings. The maximum atomic E-state index is 13.8. The van der Waals surface area contributed by atoms with Gasteiger partial charge in [0.15, 0.2) is 0 Å². The normalized spacial score (nSPS) is 12.2. The minimum Gasteiger partial charge on any atom is -0.469 e. The quantitative estimate of drug-likeness (QED) is 0.189. The monoisotopic (exact) mass is 550 g/mol. The zero-order chi connectivity index (χ0) is 26.9. The molecule has 0 saturated heterocycles. The number of halogens is 1. The van der Waals surface area contributed by atoms with Crippen LogP contribution >= 0.6 is 23.1 Å². The standard InChI is InChI=1S/C28H27FN4O3S2/c1-36-25(34)11-10-24(37-2)32-27(35)23-5-3-4-20(26(23)19-6-8-22(29)9-7-19)16-21(28-31-13-15-38-28)17-33-14-12-30-18-33/h3-9,12-16,18,24H,10-11,17H2,1-2H3,(H,32,35). The van der Waals surface area contributed by atoms with E-state index in [0.717, 1.165) is 16.1 Å². The van der Waals surface area contributed by atoms with E-state index in [1.165, 1.54) is 42.3 Å². The molecule has 0 spiro atoms. The minimum atomic E-state index is -0.360. The van der Waals surface area contributed by atoms with Crippen LogP contribution in [0.5, 0.6) is 0 Å². The number of nitrogens with zero attached hydrogens (tertiary/aromatic N) is 3. The van der Waals surface area contributed by atoms with Gasteiger partial charge in [0, 0.05) is 47.1 Å². The molecule has 0 saturated carbocycles. The van der Waals surface area contributed by atoms with Gasteiger partial charge in [-0.2, -0.15) is 0 Å². The predicted octanol–water partition coefficient (Wildman–Crippen LogP) is 5.76. The Bertz CT molecular complexity index is 1390. The Hall–Kier alpha value is -3.76. The molecule has 38 heavy (non-hydrogen) atoms. The average Bonchev–Trinajstić information content (AvgIpc) is 3.65. The zero-order valence-electron chi connectivity index (χ0n) is 21.0. The van der Waals surface area contributed by atoms with Crippen molar-refractivity contribution < 1.29 is 18.7 Å². The van der Waals surface area contributed by atoms with E-state index in [0.29, 0.717) is 29.7 Å². The molecule has 4 rings (SSSR count). The van der Waals surface area contributed by atoms with Gasteiger partial charge in [-0.1, -0.05) is 24.3 Å². The third-order valence-corrected chi connectivity index (χ3v) is 7.61. The van der Waals surface area contributed by atoms with E-state index in [2.05, 4.69) is 15.3 Å². The van der Waals surface area contributed by atoms with Gasteiger partial charge in [-0.15, -0.1) is 23.1 Å². The molecule has 10 heteroatoms. The predicted molar refractivity (Wildman–Crippen MR) is 150 cm³/mol. The molecule has 1 unspecified atom stereocenters. The highest BCUT2D eigenvalue weighted by Gasteiger charge is 2.20. The number of thiazole rings is 1. The van der Waals surface area contributed by atoms with Gasteiger partial charge in [-0.05, 0) is 48.1 Å². The van der Waals surface area contributed by atoms with E-state index in [1.54, 1.807) is 36.9 Å². The lowest BCUT2D eigenvalue weighted by Crippen LogP contribution is -2.33. The number of methoxy groups -OCH3 is 1. The van der Waals surface area contributed by atoms with Gasteiger partial charge >= 0.3 is 5.97 Å². The second-order valence-corrected chi connectivity index (χ2v) is 10.3. The Morgan fingerprint density at radius 1 is 1.21 bits per heavy atom. The molecule has 2 aromatic carbocycles. The molecule has 7 nitrogen and oxygen atoms in total. The molecule has 4 aromatic rings. The van der Waals surface area contributed by atoms with Gasteiger partial charge in [0.05, 0.1) is 25.4 Å². The van der Waals surface area contributed by atoms with Gasteiger partial charge < -0.3 is 14.6 Å². The number of esters is 1. The van der Waals surface area contributed by atoms with Crippen molar-refractivity contribution >= 4 is 46.6 Å². The number of allylic oxidation sites excluding steroid dienone is 1. The molecule has 1 amide bonds. The van der Waals surface area contributed by atoms with Crippen molar-refractivity contribution in [1.82, 2.24) is 19.9 Å². The number of aromatic nitrogens is 3. The van der Waals surface area contributed by atoms with Crippen LogP contribution in [-0.2, 0) is 16.1 Å². The fraction of sp³-hybridized carbons (Fsp3) is 0.214. The van der Waals surface area contributed by atoms with E-state index >= 15 is 0 Å². The van der Waals surface area contributed by atoms with Crippen LogP contribution in [0.15, 0.2) is 72.8 Å². The van der Waals surface area contributed by atoms with Gasteiger partial charge in [-0.25, -0.2) is 14.4 Å². The number of ether oxygens (including phenoxy) is 1. The highest BCUT2D eigenvalue weighted by molar-refractivity contribution is 7.99. The Morgan fingerprint density at radius 2 is 2.03 bits per heavy atom. The van der Waals surface area contributed by atoms with Gasteiger partial charge in [0.25, 0.3) is 5.91 Å². The van der Waals surface area contributed by atoms with E-state index in [1.807, 2.05) is 40.6 Å². The number of nitrogens with one attached hydrogen (secondary N) is 1. The summed E-state index contributed by atoms with van der Waals surface area (Å²) in [6.45, 7) is 0.537. The molecule has 2 aromatic heterocycles. The molecule has 1 N–H and O–H groups in total. The summed E-state index contributed by atoms with van der Waals surface area (Å²) < 4.78 is 20.5. The Morgan fingerprint density at radius 3 is 2.68 bits per heavy atom. The smallest absolute Gasteiger partial charge is 0.305 e. The van der Waals surface area contributed by atoms with Crippen LogP contribution in [0.25, 0.3) is 22.8 Å². The second-order valence-electron chi connectivity index (χ2n) is 8.33. The third kappa shape index (κ3) is 6.96. The van der Waals surface area contributed by atoms with Crippen LogP contribution in [0.2, 0.25) is 0 Å². The summed E-state index contributed by atoms with van der Waals surface area (Å²) in [5.41, 5.74) is 3.57. The summed E-state index contributed by atoms with van der Waals surface area (Å²) in [7, 11) is 1.34. The summed E-state index contributed by atoms with van der Waals surface area (Å²) in [4.78, 5) is 33.8. The molecule has 0 bridgehead atoms. The number of amides is 1. The van der Waals surface area contributed by atoms with E-state index in [4.69, 9.17) is 4.74 Å². The van der Waals surface area contributed by atoms with Gasteiger partial charge in [0.1, 0.15) is 10.8 Å². The molecule has 196 valence electrons. The number of hydrogen-bond acceptors (Lipinski definition) is 7. The van der Waals surface area contributed by atoms with Crippen LogP contribution in [0.4, 0.5) is 4.39 Å². The van der Waals surface area contributed by atoms with Crippen molar-refractivity contribution in [3.8, 4) is 11.1 Å². The fourth-order valence-corrected chi connectivity index (χ4v) is 5.19. The topological polar surface area (TPSA) is 86.1 Å². The maximum absolute atomic E-state index is 13.8. The number of thioether (sulfide) groups is 1. The van der Waals surface area contributed by atoms with Crippen molar-refractivity contribution in [3.63, 3.8) is 0 Å². The number of imidazole rings is 1. The first kappa shape index (κ1) is 27.3. The molecule has 2 heterocycles. The van der Waals surface area contributed by atoms with Crippen LogP contribution < -0.4 is 5.32 Å². The Balaban J connectivity index is 1.76. The third-order valence-electron chi connectivity index (χ3n) is 5.84. The molecular weight excluding hydrogens is 523 g/mol. The van der Waals surface area contributed by atoms with Crippen LogP contribution in [0.3, 0.4) is 0 Å². The summed E-state index contributed by atoms with van der Waals surface area (Å²) in [6.07, 6.45) is 11.6. The molecular formula is C28H27FN4O3S2. The van der Waals surface area contributed by atoms with Crippen molar-refractivity contribution in [2.45, 2.75) is 24.8 Å². The maximum Gasteiger partial charge on any atom is 0.305 e. The first-order chi connectivity index (χ1) is 18.5. The number of benzene rings is 2. The summed E-state index contributed by atoms with van der Waals surface area (Å²) in [6, 6.07) is 11.6. The summed E-state index contributed by atoms with van der Waals surface area (Å²) in [5.74, 6) is -0.971. The number of carbonyl (C=O) groups excluding carboxylic acids is 2. The van der Waals surface area contributed by atoms with E-state index < -0.39 is 0 Å². The number of hydrogen-bond donors (Lipinski definition) is 1. The Kier molecular flexibility index (Phi) is 9.45. The van der Waals surface area contributed by atoms with Crippen molar-refractivity contribution in [1.29, 1.82) is 0 Å². The molecule has 0 radical (unpaired) electrons. The highest BCUT2D eigenvalue weighted by Crippen LogP contribution is 2.32. The summed E-state index contributed by atoms with van der Waals surface area (Å²) in [5, 5.41) is 5.51. The average molecular weight is 551 g/mol. The van der Waals surface area contributed by atoms with Crippen LogP contribution in [-0.4, -0.2) is 45.2 Å². The highest BCUT2D eigenvalue weighted by atomic mass is 32.2. The lowest BCUT2D eigenvalue weighted by molar-refractivity contribution is -0.140. The van der Waals surface area contributed by atoms with Crippen molar-refractivity contribution in [3.05, 3.63) is 94.7 Å². The SMILES string of the molecule is COC(=O)CCC(NC(=O)c1cccc(C=C(Cn2ccnc2)c2nccs2)c1-c1ccc(F)cc1)SC. The minimum absolute atomic E-state index is 0.196. The second kappa shape index (κ2) is 13.2. The largest absolute Gasteiger partial charge is 0.469 e. The lowest BCUT2D eigenvalue weighted by Gasteiger charge is -2.19. The molecule has 1 atom stereocenters. The van der Waals surface area contributed by atoms with Gasteiger partial charge in [0.2, 0.25) is 0 Å². The van der Waals surface area contributed by atoms with Crippen LogP contribution in [0, 0.1) is 5.82 Å². The Labute approximate surface area is 228 Å². The molecule has 0 fully saturated rings. The van der Waals surface area contributed by atoms with Crippen molar-refractivity contribution in [2.75, 3.05) is 13.4 Å². The lowest BCUT2D eigenvalue weighted by atomic mass is 9.92. The zero-order valence-corrected chi connectivity index (χ0v) is 22.6. The van der Waals surface area contributed by atoms with Crippen LogP contribution in [0.1, 0.15) is 33.8 Å². The van der Waals surface area contributed by atoms with Crippen molar-refractivity contribution in [2.24, 2.45) is 0 Å². The number of rotatable bonds is 11. The van der Waals surface area contributed by atoms with E-state index in [-0.39, 0.29) is 29.5 Å². The molecule has 0 aliphatic heterocycles. The first-order valence-electron chi connectivity index (χ1n) is 11.8. The van der Waals surface area contributed by atoms with Gasteiger partial charge in [-0.3, -0.25) is 9.59 Å². The molecule has 0 aliphatic carbocycles. The fourth-order valence-electron chi connectivity index (χ4n) is 3.96.